The molecule has 1 aromatic heterocycles. The molecule has 0 saturated carbocycles. The third kappa shape index (κ3) is 7.11. The molecule has 0 aliphatic rings. The van der Waals surface area contributed by atoms with Gasteiger partial charge in [0.25, 0.3) is 0 Å². The van der Waals surface area contributed by atoms with Crippen molar-refractivity contribution >= 4 is 34.8 Å². The SMILES string of the molecule is Cc1cc(-c2cccc(C(=O)CC(=O)Nc3cc(C(F)(F)F)c(N(C)CC(C)C)cc3NC(=O)O)c2)on1. The lowest BCUT2D eigenvalue weighted by atomic mass is 10.0. The fourth-order valence-electron chi connectivity index (χ4n) is 3.89. The number of nitrogens with one attached hydrogen (secondary N) is 2. The van der Waals surface area contributed by atoms with E-state index in [1.807, 2.05) is 19.2 Å². The molecule has 2 amide bonds. The van der Waals surface area contributed by atoms with E-state index in [2.05, 4.69) is 10.5 Å². The molecule has 0 atom stereocenters. The quantitative estimate of drug-likeness (QED) is 0.226. The van der Waals surface area contributed by atoms with Gasteiger partial charge in [0, 0.05) is 30.8 Å². The van der Waals surface area contributed by atoms with Gasteiger partial charge in [-0.3, -0.25) is 14.9 Å². The Morgan fingerprint density at radius 1 is 1.08 bits per heavy atom. The summed E-state index contributed by atoms with van der Waals surface area (Å²) < 4.78 is 47.0. The smallest absolute Gasteiger partial charge is 0.418 e. The van der Waals surface area contributed by atoms with E-state index in [4.69, 9.17) is 4.52 Å². The van der Waals surface area contributed by atoms with Crippen molar-refractivity contribution in [3.8, 4) is 11.3 Å². The Hall–Kier alpha value is -4.35. The molecule has 2 aromatic carbocycles. The zero-order valence-electron chi connectivity index (χ0n) is 21.1. The molecular weight excluding hydrogens is 505 g/mol. The van der Waals surface area contributed by atoms with Gasteiger partial charge in [0.05, 0.1) is 34.7 Å². The predicted octanol–water partition coefficient (Wildman–Crippen LogP) is 6.06. The van der Waals surface area contributed by atoms with Crippen LogP contribution in [0.15, 0.2) is 47.0 Å². The average Bonchev–Trinajstić information content (AvgIpc) is 3.24. The molecule has 0 saturated heterocycles. The van der Waals surface area contributed by atoms with Crippen molar-refractivity contribution in [1.29, 1.82) is 0 Å². The molecule has 9 nitrogen and oxygen atoms in total. The predicted molar refractivity (Wildman–Crippen MR) is 135 cm³/mol. The van der Waals surface area contributed by atoms with E-state index < -0.39 is 41.6 Å². The number of ketones is 1. The molecule has 38 heavy (non-hydrogen) atoms. The van der Waals surface area contributed by atoms with Crippen molar-refractivity contribution in [2.45, 2.75) is 33.4 Å². The van der Waals surface area contributed by atoms with Crippen LogP contribution < -0.4 is 15.5 Å². The first-order valence-corrected chi connectivity index (χ1v) is 11.6. The average molecular weight is 533 g/mol. The second-order valence-electron chi connectivity index (χ2n) is 9.18. The van der Waals surface area contributed by atoms with Crippen LogP contribution in [-0.4, -0.2) is 41.6 Å². The number of amides is 2. The molecule has 0 fully saturated rings. The number of aryl methyl sites for hydroxylation is 1. The molecule has 3 aromatic rings. The Bertz CT molecular complexity index is 1350. The molecule has 3 N–H and O–H groups in total. The molecule has 0 aliphatic heterocycles. The van der Waals surface area contributed by atoms with E-state index in [0.29, 0.717) is 23.1 Å². The summed E-state index contributed by atoms with van der Waals surface area (Å²) in [6, 6.07) is 9.63. The first-order valence-electron chi connectivity index (χ1n) is 11.6. The Morgan fingerprint density at radius 2 is 1.76 bits per heavy atom. The Labute approximate surface area is 216 Å². The largest absolute Gasteiger partial charge is 0.465 e. The summed E-state index contributed by atoms with van der Waals surface area (Å²) in [6.07, 6.45) is -7.02. The van der Waals surface area contributed by atoms with E-state index >= 15 is 0 Å². The van der Waals surface area contributed by atoms with Crippen LogP contribution in [0.3, 0.4) is 0 Å². The second kappa shape index (κ2) is 11.4. The summed E-state index contributed by atoms with van der Waals surface area (Å²) in [5, 5.41) is 17.3. The summed E-state index contributed by atoms with van der Waals surface area (Å²) in [5.41, 5.74) is -0.638. The van der Waals surface area contributed by atoms with Gasteiger partial charge >= 0.3 is 12.3 Å². The summed E-state index contributed by atoms with van der Waals surface area (Å²) in [6.45, 7) is 5.66. The number of halogens is 3. The third-order valence-electron chi connectivity index (χ3n) is 5.43. The topological polar surface area (TPSA) is 125 Å². The van der Waals surface area contributed by atoms with Crippen LogP contribution in [-0.2, 0) is 11.0 Å². The number of anilines is 3. The van der Waals surface area contributed by atoms with Crippen molar-refractivity contribution in [2.24, 2.45) is 5.92 Å². The van der Waals surface area contributed by atoms with Gasteiger partial charge in [0.1, 0.15) is 0 Å². The van der Waals surface area contributed by atoms with Crippen molar-refractivity contribution in [3.05, 3.63) is 59.3 Å². The monoisotopic (exact) mass is 532 g/mol. The highest BCUT2D eigenvalue weighted by molar-refractivity contribution is 6.12. The van der Waals surface area contributed by atoms with Crippen LogP contribution in [0.4, 0.5) is 35.0 Å². The maximum absolute atomic E-state index is 13.9. The molecule has 0 unspecified atom stereocenters. The van der Waals surface area contributed by atoms with Gasteiger partial charge in [-0.05, 0) is 31.0 Å². The van der Waals surface area contributed by atoms with E-state index in [9.17, 15) is 32.7 Å². The van der Waals surface area contributed by atoms with E-state index in [1.54, 1.807) is 25.1 Å². The molecule has 3 rings (SSSR count). The number of hydrogen-bond donors (Lipinski definition) is 3. The van der Waals surface area contributed by atoms with Crippen LogP contribution in [0.1, 0.15) is 41.9 Å². The summed E-state index contributed by atoms with van der Waals surface area (Å²) in [4.78, 5) is 38.2. The number of rotatable bonds is 9. The van der Waals surface area contributed by atoms with Crippen molar-refractivity contribution in [1.82, 2.24) is 5.16 Å². The molecular formula is C26H27F3N4O5. The zero-order valence-corrected chi connectivity index (χ0v) is 21.1. The number of nitrogens with zero attached hydrogens (tertiary/aromatic N) is 2. The van der Waals surface area contributed by atoms with Gasteiger partial charge in [-0.25, -0.2) is 4.79 Å². The summed E-state index contributed by atoms with van der Waals surface area (Å²) >= 11 is 0. The number of benzene rings is 2. The molecule has 202 valence electrons. The number of carboxylic acid groups (broad SMARTS) is 1. The van der Waals surface area contributed by atoms with Gasteiger partial charge in [0.2, 0.25) is 5.91 Å². The number of alkyl halides is 3. The fourth-order valence-corrected chi connectivity index (χ4v) is 3.89. The standard InChI is InChI=1S/C26H27F3N4O5/c1-14(2)13-33(4)21-11-20(31-25(36)37)19(10-18(21)26(27,28)29)30-24(35)12-22(34)16-6-5-7-17(9-16)23-8-15(3)32-38-23/h5-11,14,31H,12-13H2,1-4H3,(H,30,35)(H,36,37). The molecule has 0 bridgehead atoms. The maximum Gasteiger partial charge on any atom is 0.418 e. The van der Waals surface area contributed by atoms with Crippen molar-refractivity contribution in [2.75, 3.05) is 29.1 Å². The number of carbonyl (C=O) groups is 3. The lowest BCUT2D eigenvalue weighted by Gasteiger charge is -2.27. The van der Waals surface area contributed by atoms with Crippen molar-refractivity contribution in [3.63, 3.8) is 0 Å². The minimum atomic E-state index is -4.79. The minimum Gasteiger partial charge on any atom is -0.465 e. The minimum absolute atomic E-state index is 0.0222. The Kier molecular flexibility index (Phi) is 8.44. The maximum atomic E-state index is 13.9. The molecule has 0 radical (unpaired) electrons. The second-order valence-corrected chi connectivity index (χ2v) is 9.18. The van der Waals surface area contributed by atoms with Crippen LogP contribution >= 0.6 is 0 Å². The highest BCUT2D eigenvalue weighted by Crippen LogP contribution is 2.41. The van der Waals surface area contributed by atoms with Crippen molar-refractivity contribution < 1.29 is 37.2 Å². The lowest BCUT2D eigenvalue weighted by molar-refractivity contribution is -0.137. The first-order chi connectivity index (χ1) is 17.7. The lowest BCUT2D eigenvalue weighted by Crippen LogP contribution is -2.26. The fraction of sp³-hybridized carbons (Fsp3) is 0.308. The highest BCUT2D eigenvalue weighted by atomic mass is 19.4. The summed E-state index contributed by atoms with van der Waals surface area (Å²) in [7, 11) is 1.46. The Balaban J connectivity index is 1.89. The van der Waals surface area contributed by atoms with Gasteiger partial charge in [-0.2, -0.15) is 13.2 Å². The normalized spacial score (nSPS) is 11.4. The van der Waals surface area contributed by atoms with E-state index in [1.165, 1.54) is 24.1 Å². The van der Waals surface area contributed by atoms with Crippen LogP contribution in [0, 0.1) is 12.8 Å². The number of hydrogen-bond acceptors (Lipinski definition) is 6. The van der Waals surface area contributed by atoms with Crippen LogP contribution in [0.2, 0.25) is 0 Å². The van der Waals surface area contributed by atoms with E-state index in [0.717, 1.165) is 6.07 Å². The van der Waals surface area contributed by atoms with Gasteiger partial charge in [0.15, 0.2) is 11.5 Å². The zero-order chi connectivity index (χ0) is 28.2. The molecule has 0 aliphatic carbocycles. The first kappa shape index (κ1) is 28.2. The molecule has 0 spiro atoms. The highest BCUT2D eigenvalue weighted by Gasteiger charge is 2.36. The number of carbonyl (C=O) groups excluding carboxylic acids is 2. The van der Waals surface area contributed by atoms with Gasteiger partial charge in [-0.15, -0.1) is 0 Å². The molecule has 12 heteroatoms. The van der Waals surface area contributed by atoms with Gasteiger partial charge in [-0.1, -0.05) is 37.2 Å². The van der Waals surface area contributed by atoms with Crippen LogP contribution in [0.5, 0.6) is 0 Å². The van der Waals surface area contributed by atoms with Crippen LogP contribution in [0.25, 0.3) is 11.3 Å². The number of aromatic nitrogens is 1. The van der Waals surface area contributed by atoms with E-state index in [-0.39, 0.29) is 29.4 Å². The number of Topliss-reactive ketones (excluding diaryl/α,β-unsaturated/α-hetero) is 1. The Morgan fingerprint density at radius 3 is 2.34 bits per heavy atom. The third-order valence-corrected chi connectivity index (χ3v) is 5.43. The van der Waals surface area contributed by atoms with Gasteiger partial charge < -0.3 is 19.8 Å². The molecule has 1 heterocycles. The summed E-state index contributed by atoms with van der Waals surface area (Å²) in [5.74, 6) is -1.07.